The minimum atomic E-state index is -4.59. The molecule has 4 heterocycles. The fourth-order valence-corrected chi connectivity index (χ4v) is 4.89. The normalized spacial score (nSPS) is 14.7. The third-order valence-electron chi connectivity index (χ3n) is 6.83. The van der Waals surface area contributed by atoms with Gasteiger partial charge in [0, 0.05) is 42.2 Å². The summed E-state index contributed by atoms with van der Waals surface area (Å²) in [5.74, 6) is -0.0681. The van der Waals surface area contributed by atoms with E-state index in [1.807, 2.05) is 31.2 Å². The van der Waals surface area contributed by atoms with Crippen molar-refractivity contribution < 1.29 is 18.0 Å². The molecule has 11 heteroatoms. The molecule has 0 aliphatic carbocycles. The number of likely N-dealkylation sites (tertiary alicyclic amines) is 1. The first-order valence-electron chi connectivity index (χ1n) is 12.8. The number of amides is 1. The van der Waals surface area contributed by atoms with Gasteiger partial charge in [-0.25, -0.2) is 19.9 Å². The molecule has 7 nitrogen and oxygen atoms in total. The predicted octanol–water partition coefficient (Wildman–Crippen LogP) is 6.55. The summed E-state index contributed by atoms with van der Waals surface area (Å²) in [7, 11) is 0. The van der Waals surface area contributed by atoms with Crippen molar-refractivity contribution in [2.24, 2.45) is 0 Å². The van der Waals surface area contributed by atoms with E-state index >= 15 is 0 Å². The Balaban J connectivity index is 1.27. The van der Waals surface area contributed by atoms with E-state index in [2.05, 4.69) is 30.2 Å². The average Bonchev–Trinajstić information content (AvgIpc) is 2.94. The van der Waals surface area contributed by atoms with Crippen LogP contribution in [0.3, 0.4) is 0 Å². The van der Waals surface area contributed by atoms with Crippen LogP contribution < -0.4 is 5.32 Å². The van der Waals surface area contributed by atoms with Gasteiger partial charge in [0.25, 0.3) is 5.91 Å². The van der Waals surface area contributed by atoms with Gasteiger partial charge in [0.2, 0.25) is 0 Å². The van der Waals surface area contributed by atoms with Crippen LogP contribution in [0.4, 0.5) is 18.9 Å². The van der Waals surface area contributed by atoms with E-state index in [1.54, 1.807) is 12.4 Å². The van der Waals surface area contributed by atoms with Crippen molar-refractivity contribution >= 4 is 23.2 Å². The molecule has 206 valence electrons. The minimum Gasteiger partial charge on any atom is -0.320 e. The first-order valence-corrected chi connectivity index (χ1v) is 13.1. The molecule has 0 saturated carbocycles. The molecule has 1 aliphatic heterocycles. The SMILES string of the molecule is Cc1cnc(-c2ccc(CN3CCC(c4nc(C(F)(F)F)ccc4NC(=O)c4ccnc(Cl)c4)CC3)cc2)nc1. The largest absolute Gasteiger partial charge is 0.433 e. The number of benzene rings is 1. The van der Waals surface area contributed by atoms with Crippen molar-refractivity contribution in [1.82, 2.24) is 24.8 Å². The van der Waals surface area contributed by atoms with Gasteiger partial charge in [-0.1, -0.05) is 35.9 Å². The van der Waals surface area contributed by atoms with Crippen LogP contribution in [0.2, 0.25) is 5.15 Å². The van der Waals surface area contributed by atoms with Crippen LogP contribution in [0, 0.1) is 6.92 Å². The molecule has 1 amide bonds. The van der Waals surface area contributed by atoms with Crippen LogP contribution in [0.15, 0.2) is 67.1 Å². The number of pyridine rings is 2. The van der Waals surface area contributed by atoms with E-state index in [-0.39, 0.29) is 28.0 Å². The highest BCUT2D eigenvalue weighted by Gasteiger charge is 2.34. The molecule has 0 spiro atoms. The van der Waals surface area contributed by atoms with E-state index in [4.69, 9.17) is 11.6 Å². The molecule has 3 aromatic heterocycles. The molecule has 1 fully saturated rings. The van der Waals surface area contributed by atoms with Gasteiger partial charge in [0.15, 0.2) is 5.82 Å². The second-order valence-corrected chi connectivity index (χ2v) is 10.2. The number of anilines is 1. The number of carbonyl (C=O) groups excluding carboxylic acids is 1. The number of hydrogen-bond donors (Lipinski definition) is 1. The minimum absolute atomic E-state index is 0.143. The number of rotatable bonds is 6. The Hall–Kier alpha value is -3.89. The fourth-order valence-electron chi connectivity index (χ4n) is 4.71. The topological polar surface area (TPSA) is 83.9 Å². The van der Waals surface area contributed by atoms with E-state index in [0.29, 0.717) is 38.3 Å². The summed E-state index contributed by atoms with van der Waals surface area (Å²) in [6.07, 6.45) is 1.58. The number of nitrogens with one attached hydrogen (secondary N) is 1. The lowest BCUT2D eigenvalue weighted by atomic mass is 9.91. The van der Waals surface area contributed by atoms with Gasteiger partial charge in [0.05, 0.1) is 11.4 Å². The molecular formula is C29H26ClF3N6O. The van der Waals surface area contributed by atoms with Gasteiger partial charge >= 0.3 is 6.18 Å². The fraction of sp³-hybridized carbons (Fsp3) is 0.276. The van der Waals surface area contributed by atoms with E-state index in [1.165, 1.54) is 24.4 Å². The lowest BCUT2D eigenvalue weighted by Gasteiger charge is -2.32. The van der Waals surface area contributed by atoms with Crippen molar-refractivity contribution in [3.63, 3.8) is 0 Å². The number of alkyl halides is 3. The van der Waals surface area contributed by atoms with Crippen LogP contribution in [-0.2, 0) is 12.7 Å². The number of hydrogen-bond acceptors (Lipinski definition) is 6. The van der Waals surface area contributed by atoms with E-state index in [9.17, 15) is 18.0 Å². The highest BCUT2D eigenvalue weighted by Crippen LogP contribution is 2.36. The second kappa shape index (κ2) is 11.7. The van der Waals surface area contributed by atoms with Crippen molar-refractivity contribution in [2.75, 3.05) is 18.4 Å². The highest BCUT2D eigenvalue weighted by molar-refractivity contribution is 6.29. The summed E-state index contributed by atoms with van der Waals surface area (Å²) in [4.78, 5) is 31.6. The Morgan fingerprint density at radius 1 is 1.02 bits per heavy atom. The Morgan fingerprint density at radius 2 is 1.73 bits per heavy atom. The van der Waals surface area contributed by atoms with Crippen molar-refractivity contribution in [3.05, 3.63) is 100 Å². The maximum absolute atomic E-state index is 13.5. The molecule has 1 saturated heterocycles. The van der Waals surface area contributed by atoms with Gasteiger partial charge in [-0.05, 0) is 68.2 Å². The summed E-state index contributed by atoms with van der Waals surface area (Å²) in [6, 6.07) is 13.1. The third kappa shape index (κ3) is 6.63. The number of halogens is 4. The van der Waals surface area contributed by atoms with Crippen LogP contribution >= 0.6 is 11.6 Å². The summed E-state index contributed by atoms with van der Waals surface area (Å²) in [5.41, 5.74) is 2.83. The third-order valence-corrected chi connectivity index (χ3v) is 7.03. The number of piperidine rings is 1. The molecule has 1 aromatic carbocycles. The van der Waals surface area contributed by atoms with Gasteiger partial charge in [0.1, 0.15) is 10.8 Å². The van der Waals surface area contributed by atoms with Crippen molar-refractivity contribution in [1.29, 1.82) is 0 Å². The number of nitrogens with zero attached hydrogens (tertiary/aromatic N) is 5. The predicted molar refractivity (Wildman–Crippen MR) is 146 cm³/mol. The Labute approximate surface area is 234 Å². The molecule has 1 aliphatic rings. The smallest absolute Gasteiger partial charge is 0.320 e. The quantitative estimate of drug-likeness (QED) is 0.267. The Bertz CT molecular complexity index is 1490. The van der Waals surface area contributed by atoms with E-state index < -0.39 is 17.8 Å². The first kappa shape index (κ1) is 27.7. The summed E-state index contributed by atoms with van der Waals surface area (Å²) in [6.45, 7) is 4.01. The summed E-state index contributed by atoms with van der Waals surface area (Å²) >= 11 is 5.89. The molecule has 0 atom stereocenters. The van der Waals surface area contributed by atoms with Gasteiger partial charge < -0.3 is 5.32 Å². The van der Waals surface area contributed by atoms with Crippen LogP contribution in [0.1, 0.15) is 51.6 Å². The van der Waals surface area contributed by atoms with Gasteiger partial charge in [-0.3, -0.25) is 9.69 Å². The zero-order valence-corrected chi connectivity index (χ0v) is 22.4. The van der Waals surface area contributed by atoms with Gasteiger partial charge in [-0.15, -0.1) is 0 Å². The number of aromatic nitrogens is 4. The van der Waals surface area contributed by atoms with Crippen molar-refractivity contribution in [3.8, 4) is 11.4 Å². The zero-order valence-electron chi connectivity index (χ0n) is 21.6. The lowest BCUT2D eigenvalue weighted by Crippen LogP contribution is -2.33. The number of carbonyl (C=O) groups is 1. The molecule has 4 aromatic rings. The highest BCUT2D eigenvalue weighted by atomic mass is 35.5. The Kier molecular flexibility index (Phi) is 8.09. The van der Waals surface area contributed by atoms with Crippen LogP contribution in [0.25, 0.3) is 11.4 Å². The van der Waals surface area contributed by atoms with Gasteiger partial charge in [-0.2, -0.15) is 13.2 Å². The number of aryl methyl sites for hydroxylation is 1. The second-order valence-electron chi connectivity index (χ2n) is 9.78. The molecule has 1 N–H and O–H groups in total. The zero-order chi connectivity index (χ0) is 28.3. The molecule has 0 radical (unpaired) electrons. The average molecular weight is 567 g/mol. The molecule has 5 rings (SSSR count). The maximum Gasteiger partial charge on any atom is 0.433 e. The summed E-state index contributed by atoms with van der Waals surface area (Å²) < 4.78 is 40.5. The molecule has 0 bridgehead atoms. The summed E-state index contributed by atoms with van der Waals surface area (Å²) in [5, 5.41) is 2.87. The van der Waals surface area contributed by atoms with Crippen LogP contribution in [-0.4, -0.2) is 43.8 Å². The Morgan fingerprint density at radius 3 is 2.38 bits per heavy atom. The van der Waals surface area contributed by atoms with Crippen LogP contribution in [0.5, 0.6) is 0 Å². The van der Waals surface area contributed by atoms with Crippen molar-refractivity contribution in [2.45, 2.75) is 38.4 Å². The first-order chi connectivity index (χ1) is 19.2. The molecule has 40 heavy (non-hydrogen) atoms. The van der Waals surface area contributed by atoms with E-state index in [0.717, 1.165) is 22.8 Å². The maximum atomic E-state index is 13.5. The lowest BCUT2D eigenvalue weighted by molar-refractivity contribution is -0.141. The monoisotopic (exact) mass is 566 g/mol. The molecular weight excluding hydrogens is 541 g/mol. The standard InChI is InChI=1S/C29H26ClF3N6O/c1-18-15-35-27(36-16-18)21-4-2-19(3-5-21)17-39-12-9-20(10-13-39)26-23(6-7-24(38-26)29(31,32)33)37-28(40)22-8-11-34-25(30)14-22/h2-8,11,14-16,20H,9-10,12-13,17H2,1H3,(H,37,40). The molecule has 0 unspecified atom stereocenters.